The summed E-state index contributed by atoms with van der Waals surface area (Å²) in [6, 6.07) is 3.55. The molecule has 1 aromatic heterocycles. The highest BCUT2D eigenvalue weighted by atomic mass is 16.3. The number of amides is 3. The molecule has 2 bridgehead atoms. The zero-order valence-corrected chi connectivity index (χ0v) is 13.8. The fourth-order valence-electron chi connectivity index (χ4n) is 5.14. The molecule has 1 aromatic rings. The molecule has 2 heterocycles. The van der Waals surface area contributed by atoms with Crippen molar-refractivity contribution >= 4 is 17.7 Å². The molecule has 4 aliphatic carbocycles. The Balaban J connectivity index is 1.22. The van der Waals surface area contributed by atoms with E-state index in [2.05, 4.69) is 17.5 Å². The summed E-state index contributed by atoms with van der Waals surface area (Å²) in [6.45, 7) is 0.486. The van der Waals surface area contributed by atoms with Crippen LogP contribution in [0.1, 0.15) is 18.6 Å². The third kappa shape index (κ3) is 2.19. The summed E-state index contributed by atoms with van der Waals surface area (Å²) in [5.41, 5.74) is 0. The Bertz CT molecular complexity index is 732. The van der Waals surface area contributed by atoms with Gasteiger partial charge in [-0.2, -0.15) is 0 Å². The van der Waals surface area contributed by atoms with Crippen molar-refractivity contribution < 1.29 is 18.8 Å². The molecule has 6 nitrogen and oxygen atoms in total. The van der Waals surface area contributed by atoms with E-state index in [1.165, 1.54) is 4.90 Å². The Morgan fingerprint density at radius 3 is 2.44 bits per heavy atom. The van der Waals surface area contributed by atoms with Crippen molar-refractivity contribution in [1.82, 2.24) is 10.2 Å². The van der Waals surface area contributed by atoms with Crippen molar-refractivity contribution in [2.75, 3.05) is 6.54 Å². The van der Waals surface area contributed by atoms with Crippen LogP contribution in [0.5, 0.6) is 0 Å². The first-order chi connectivity index (χ1) is 12.1. The van der Waals surface area contributed by atoms with Gasteiger partial charge in [-0.3, -0.25) is 19.3 Å². The molecular formula is C19H20N2O4. The maximum absolute atomic E-state index is 12.8. The lowest BCUT2D eigenvalue weighted by Crippen LogP contribution is -2.40. The van der Waals surface area contributed by atoms with Gasteiger partial charge in [-0.1, -0.05) is 12.2 Å². The Labute approximate surface area is 145 Å². The lowest BCUT2D eigenvalue weighted by Gasteiger charge is -2.37. The second-order valence-corrected chi connectivity index (χ2v) is 7.59. The van der Waals surface area contributed by atoms with Gasteiger partial charge in [-0.25, -0.2) is 0 Å². The average molecular weight is 340 g/mol. The van der Waals surface area contributed by atoms with E-state index in [9.17, 15) is 14.4 Å². The molecule has 5 aliphatic rings. The fraction of sp³-hybridized carbons (Fsp3) is 0.526. The molecule has 0 aromatic carbocycles. The van der Waals surface area contributed by atoms with E-state index < -0.39 is 0 Å². The number of carbonyl (C=O) groups excluding carboxylic acids is 3. The maximum Gasteiger partial charge on any atom is 0.233 e. The fourth-order valence-corrected chi connectivity index (χ4v) is 5.14. The number of carbonyl (C=O) groups is 3. The van der Waals surface area contributed by atoms with Gasteiger partial charge >= 0.3 is 0 Å². The van der Waals surface area contributed by atoms with E-state index in [1.54, 1.807) is 18.4 Å². The van der Waals surface area contributed by atoms with Crippen LogP contribution in [0.3, 0.4) is 0 Å². The van der Waals surface area contributed by atoms with Gasteiger partial charge in [0.15, 0.2) is 0 Å². The van der Waals surface area contributed by atoms with Crippen molar-refractivity contribution in [3.05, 3.63) is 36.3 Å². The molecule has 0 radical (unpaired) electrons. The third-order valence-electron chi connectivity index (χ3n) is 6.36. The molecule has 1 aliphatic heterocycles. The summed E-state index contributed by atoms with van der Waals surface area (Å²) < 4.78 is 5.16. The Hall–Kier alpha value is -2.37. The van der Waals surface area contributed by atoms with E-state index in [4.69, 9.17) is 4.42 Å². The van der Waals surface area contributed by atoms with Crippen LogP contribution in [0, 0.1) is 35.5 Å². The average Bonchev–Trinajstić information content (AvgIpc) is 3.22. The van der Waals surface area contributed by atoms with Gasteiger partial charge in [-0.05, 0) is 42.2 Å². The molecule has 2 saturated carbocycles. The molecule has 25 heavy (non-hydrogen) atoms. The second-order valence-electron chi connectivity index (χ2n) is 7.59. The minimum Gasteiger partial charge on any atom is -0.467 e. The highest BCUT2D eigenvalue weighted by Gasteiger charge is 2.66. The molecule has 0 unspecified atom stereocenters. The Morgan fingerprint density at radius 1 is 1.16 bits per heavy atom. The first-order valence-electron chi connectivity index (χ1n) is 8.98. The lowest BCUT2D eigenvalue weighted by atomic mass is 9.63. The minimum absolute atomic E-state index is 0.0708. The van der Waals surface area contributed by atoms with Crippen LogP contribution in [-0.2, 0) is 20.9 Å². The quantitative estimate of drug-likeness (QED) is 0.648. The number of hydrogen-bond acceptors (Lipinski definition) is 4. The van der Waals surface area contributed by atoms with Gasteiger partial charge in [0.1, 0.15) is 5.76 Å². The van der Waals surface area contributed by atoms with Crippen LogP contribution in [0.25, 0.3) is 0 Å². The largest absolute Gasteiger partial charge is 0.467 e. The van der Waals surface area contributed by atoms with Crippen molar-refractivity contribution in [3.63, 3.8) is 0 Å². The molecule has 3 fully saturated rings. The number of imide groups is 1. The van der Waals surface area contributed by atoms with Gasteiger partial charge in [-0.15, -0.1) is 0 Å². The van der Waals surface area contributed by atoms with Gasteiger partial charge in [0.2, 0.25) is 17.7 Å². The topological polar surface area (TPSA) is 79.6 Å². The van der Waals surface area contributed by atoms with Crippen LogP contribution in [0.15, 0.2) is 35.0 Å². The van der Waals surface area contributed by atoms with Crippen LogP contribution >= 0.6 is 0 Å². The molecular weight excluding hydrogens is 320 g/mol. The van der Waals surface area contributed by atoms with Crippen molar-refractivity contribution in [2.24, 2.45) is 35.5 Å². The molecule has 6 heteroatoms. The summed E-state index contributed by atoms with van der Waals surface area (Å²) in [7, 11) is 0. The summed E-state index contributed by atoms with van der Waals surface area (Å²) in [5, 5.41) is 2.75. The van der Waals surface area contributed by atoms with E-state index in [0.717, 1.165) is 6.42 Å². The SMILES string of the molecule is O=C(CCN1C(=O)[C@@H]2[C@H]3C=C[C@@H]([C@@H]4C[C@@H]34)[C@@H]2C1=O)NCc1ccco1. The van der Waals surface area contributed by atoms with Crippen molar-refractivity contribution in [3.8, 4) is 0 Å². The highest BCUT2D eigenvalue weighted by Crippen LogP contribution is 2.65. The lowest BCUT2D eigenvalue weighted by molar-refractivity contribution is -0.140. The molecule has 130 valence electrons. The first kappa shape index (κ1) is 14.9. The predicted octanol–water partition coefficient (Wildman–Crippen LogP) is 1.34. The van der Waals surface area contributed by atoms with E-state index in [1.807, 2.05) is 0 Å². The molecule has 6 rings (SSSR count). The molecule has 1 saturated heterocycles. The normalized spacial score (nSPS) is 37.2. The molecule has 6 atom stereocenters. The standard InChI is InChI=1S/C19H20N2O4/c22-15(20-9-10-2-1-7-25-10)5-6-21-18(23)16-11-3-4-12(14-8-13(11)14)17(16)19(21)24/h1-4,7,11-14,16-17H,5-6,8-9H2,(H,20,22)/t11-,12-,13-,14-,16-,17+/m0/s1. The van der Waals surface area contributed by atoms with Crippen LogP contribution < -0.4 is 5.32 Å². The minimum atomic E-state index is -0.184. The Morgan fingerprint density at radius 2 is 1.84 bits per heavy atom. The van der Waals surface area contributed by atoms with Crippen LogP contribution in [0.4, 0.5) is 0 Å². The van der Waals surface area contributed by atoms with Crippen molar-refractivity contribution in [2.45, 2.75) is 19.4 Å². The first-order valence-corrected chi connectivity index (χ1v) is 8.98. The number of hydrogen-bond donors (Lipinski definition) is 1. The summed E-state index contributed by atoms with van der Waals surface area (Å²) in [4.78, 5) is 38.9. The zero-order valence-electron chi connectivity index (χ0n) is 13.8. The molecule has 1 N–H and O–H groups in total. The number of furan rings is 1. The number of rotatable bonds is 5. The Kier molecular flexibility index (Phi) is 3.17. The molecule has 0 spiro atoms. The van der Waals surface area contributed by atoms with Crippen molar-refractivity contribution in [1.29, 1.82) is 0 Å². The third-order valence-corrected chi connectivity index (χ3v) is 6.36. The highest BCUT2D eigenvalue weighted by molar-refractivity contribution is 6.06. The van der Waals surface area contributed by atoms with Gasteiger partial charge in [0.25, 0.3) is 0 Å². The number of nitrogens with one attached hydrogen (secondary N) is 1. The number of likely N-dealkylation sites (tertiary alicyclic amines) is 1. The van der Waals surface area contributed by atoms with E-state index in [0.29, 0.717) is 24.1 Å². The van der Waals surface area contributed by atoms with Crippen LogP contribution in [0.2, 0.25) is 0 Å². The van der Waals surface area contributed by atoms with Crippen LogP contribution in [-0.4, -0.2) is 29.2 Å². The van der Waals surface area contributed by atoms with Gasteiger partial charge in [0.05, 0.1) is 24.6 Å². The number of nitrogens with zero attached hydrogens (tertiary/aromatic N) is 1. The zero-order chi connectivity index (χ0) is 17.1. The van der Waals surface area contributed by atoms with E-state index in [-0.39, 0.29) is 54.4 Å². The van der Waals surface area contributed by atoms with Gasteiger partial charge < -0.3 is 9.73 Å². The van der Waals surface area contributed by atoms with Gasteiger partial charge in [0, 0.05) is 13.0 Å². The number of allylic oxidation sites excluding steroid dienone is 2. The van der Waals surface area contributed by atoms with E-state index >= 15 is 0 Å². The second kappa shape index (κ2) is 5.31. The molecule has 3 amide bonds. The maximum atomic E-state index is 12.8. The summed E-state index contributed by atoms with van der Waals surface area (Å²) in [6.07, 6.45) is 7.16. The monoisotopic (exact) mass is 340 g/mol. The predicted molar refractivity (Wildman–Crippen MR) is 86.6 cm³/mol. The summed E-state index contributed by atoms with van der Waals surface area (Å²) in [5.74, 6) is 1.65. The smallest absolute Gasteiger partial charge is 0.233 e. The summed E-state index contributed by atoms with van der Waals surface area (Å²) >= 11 is 0.